The minimum absolute atomic E-state index is 0.244. The van der Waals surface area contributed by atoms with Crippen LogP contribution in [0.2, 0.25) is 0 Å². The Balaban J connectivity index is 2.18. The van der Waals surface area contributed by atoms with Crippen molar-refractivity contribution in [2.75, 3.05) is 26.9 Å². The monoisotopic (exact) mass is 309 g/mol. The summed E-state index contributed by atoms with van der Waals surface area (Å²) in [6.07, 6.45) is 0.889. The molecule has 0 radical (unpaired) electrons. The Hall–Kier alpha value is -2.24. The summed E-state index contributed by atoms with van der Waals surface area (Å²) in [5, 5.41) is 2.68. The fourth-order valence-electron chi connectivity index (χ4n) is 1.55. The third kappa shape index (κ3) is 7.52. The summed E-state index contributed by atoms with van der Waals surface area (Å²) in [6, 6.07) is 6.82. The van der Waals surface area contributed by atoms with Crippen LogP contribution in [0.5, 0.6) is 11.5 Å². The number of rotatable bonds is 9. The first-order valence-corrected chi connectivity index (χ1v) is 7.20. The summed E-state index contributed by atoms with van der Waals surface area (Å²) in [6.45, 7) is 4.19. The maximum atomic E-state index is 11.5. The second kappa shape index (κ2) is 9.65. The average Bonchev–Trinajstić information content (AvgIpc) is 2.51. The maximum Gasteiger partial charge on any atom is 0.344 e. The Morgan fingerprint density at radius 1 is 1.09 bits per heavy atom. The van der Waals surface area contributed by atoms with E-state index in [0.29, 0.717) is 24.0 Å². The molecule has 0 saturated heterocycles. The van der Waals surface area contributed by atoms with Gasteiger partial charge in [0.05, 0.1) is 7.11 Å². The number of carbonyl (C=O) groups is 2. The van der Waals surface area contributed by atoms with Crippen molar-refractivity contribution in [1.29, 1.82) is 0 Å². The lowest BCUT2D eigenvalue weighted by Crippen LogP contribution is -2.31. The highest BCUT2D eigenvalue weighted by Crippen LogP contribution is 2.16. The molecule has 6 heteroatoms. The van der Waals surface area contributed by atoms with Crippen molar-refractivity contribution in [2.24, 2.45) is 5.92 Å². The highest BCUT2D eigenvalue weighted by atomic mass is 16.6. The largest absolute Gasteiger partial charge is 0.497 e. The van der Waals surface area contributed by atoms with Crippen molar-refractivity contribution >= 4 is 11.9 Å². The second-order valence-corrected chi connectivity index (χ2v) is 5.16. The third-order valence-corrected chi connectivity index (χ3v) is 2.82. The number of benzene rings is 1. The van der Waals surface area contributed by atoms with Crippen molar-refractivity contribution in [3.8, 4) is 11.5 Å². The minimum atomic E-state index is -0.588. The van der Waals surface area contributed by atoms with Gasteiger partial charge in [-0.25, -0.2) is 4.79 Å². The summed E-state index contributed by atoms with van der Waals surface area (Å²) < 4.78 is 15.1. The SMILES string of the molecule is COc1ccc(OCC(=O)OCC(=O)NCCC(C)C)cc1. The van der Waals surface area contributed by atoms with E-state index in [-0.39, 0.29) is 19.1 Å². The van der Waals surface area contributed by atoms with Gasteiger partial charge in [-0.3, -0.25) is 4.79 Å². The number of carbonyl (C=O) groups excluding carboxylic acids is 2. The summed E-state index contributed by atoms with van der Waals surface area (Å²) >= 11 is 0. The van der Waals surface area contributed by atoms with Gasteiger partial charge in [-0.2, -0.15) is 0 Å². The maximum absolute atomic E-state index is 11.5. The topological polar surface area (TPSA) is 73.9 Å². The van der Waals surface area contributed by atoms with Gasteiger partial charge in [0.15, 0.2) is 13.2 Å². The van der Waals surface area contributed by atoms with Crippen LogP contribution in [0.3, 0.4) is 0 Å². The molecule has 0 aromatic heterocycles. The van der Waals surface area contributed by atoms with E-state index < -0.39 is 5.97 Å². The zero-order valence-corrected chi connectivity index (χ0v) is 13.3. The van der Waals surface area contributed by atoms with Crippen LogP contribution in [0.25, 0.3) is 0 Å². The molecule has 1 aromatic carbocycles. The second-order valence-electron chi connectivity index (χ2n) is 5.16. The molecule has 122 valence electrons. The predicted octanol–water partition coefficient (Wildman–Crippen LogP) is 1.78. The van der Waals surface area contributed by atoms with E-state index in [0.717, 1.165) is 6.42 Å². The molecule has 0 aliphatic rings. The molecule has 0 unspecified atom stereocenters. The molecule has 0 atom stereocenters. The predicted molar refractivity (Wildman–Crippen MR) is 81.9 cm³/mol. The van der Waals surface area contributed by atoms with Gasteiger partial charge >= 0.3 is 5.97 Å². The summed E-state index contributed by atoms with van der Waals surface area (Å²) in [4.78, 5) is 22.9. The highest BCUT2D eigenvalue weighted by Gasteiger charge is 2.08. The van der Waals surface area contributed by atoms with Gasteiger partial charge in [-0.05, 0) is 36.6 Å². The number of hydrogen-bond acceptors (Lipinski definition) is 5. The van der Waals surface area contributed by atoms with Gasteiger partial charge in [-0.15, -0.1) is 0 Å². The third-order valence-electron chi connectivity index (χ3n) is 2.82. The van der Waals surface area contributed by atoms with Gasteiger partial charge in [0.2, 0.25) is 0 Å². The lowest BCUT2D eigenvalue weighted by atomic mass is 10.1. The molecule has 0 aliphatic carbocycles. The molecule has 0 spiro atoms. The van der Waals surface area contributed by atoms with E-state index in [1.54, 1.807) is 31.4 Å². The van der Waals surface area contributed by atoms with E-state index in [4.69, 9.17) is 14.2 Å². The molecule has 6 nitrogen and oxygen atoms in total. The molecule has 0 bridgehead atoms. The fraction of sp³-hybridized carbons (Fsp3) is 0.500. The first kappa shape index (κ1) is 17.8. The average molecular weight is 309 g/mol. The zero-order chi connectivity index (χ0) is 16.4. The lowest BCUT2D eigenvalue weighted by molar-refractivity contribution is -0.150. The van der Waals surface area contributed by atoms with Crippen LogP contribution in [0.1, 0.15) is 20.3 Å². The summed E-state index contributed by atoms with van der Waals surface area (Å²) in [5.41, 5.74) is 0. The first-order chi connectivity index (χ1) is 10.5. The van der Waals surface area contributed by atoms with Gasteiger partial charge < -0.3 is 19.5 Å². The molecular weight excluding hydrogens is 286 g/mol. The molecule has 0 heterocycles. The quantitative estimate of drug-likeness (QED) is 0.704. The van der Waals surface area contributed by atoms with Crippen molar-refractivity contribution in [3.63, 3.8) is 0 Å². The van der Waals surface area contributed by atoms with Crippen LogP contribution in [-0.4, -0.2) is 38.7 Å². The van der Waals surface area contributed by atoms with Crippen molar-refractivity contribution in [3.05, 3.63) is 24.3 Å². The van der Waals surface area contributed by atoms with E-state index >= 15 is 0 Å². The van der Waals surface area contributed by atoms with Crippen molar-refractivity contribution in [2.45, 2.75) is 20.3 Å². The van der Waals surface area contributed by atoms with Crippen molar-refractivity contribution in [1.82, 2.24) is 5.32 Å². The lowest BCUT2D eigenvalue weighted by Gasteiger charge is -2.09. The van der Waals surface area contributed by atoms with E-state index in [1.165, 1.54) is 0 Å². The zero-order valence-electron chi connectivity index (χ0n) is 13.3. The molecule has 0 saturated carbocycles. The molecular formula is C16H23NO5. The Labute approximate surface area is 130 Å². The Morgan fingerprint density at radius 2 is 1.73 bits per heavy atom. The number of nitrogens with one attached hydrogen (secondary N) is 1. The summed E-state index contributed by atoms with van der Waals surface area (Å²) in [5.74, 6) is 0.848. The smallest absolute Gasteiger partial charge is 0.344 e. The number of amides is 1. The van der Waals surface area contributed by atoms with Crippen LogP contribution >= 0.6 is 0 Å². The Kier molecular flexibility index (Phi) is 7.81. The van der Waals surface area contributed by atoms with E-state index in [9.17, 15) is 9.59 Å². The fourth-order valence-corrected chi connectivity index (χ4v) is 1.55. The van der Waals surface area contributed by atoms with Crippen LogP contribution in [0.15, 0.2) is 24.3 Å². The standard InChI is InChI=1S/C16H23NO5/c1-12(2)8-9-17-15(18)10-22-16(19)11-21-14-6-4-13(20-3)5-7-14/h4-7,12H,8-11H2,1-3H3,(H,17,18). The van der Waals surface area contributed by atoms with Crippen LogP contribution in [-0.2, 0) is 14.3 Å². The van der Waals surface area contributed by atoms with Gasteiger partial charge in [0.25, 0.3) is 5.91 Å². The Bertz CT molecular complexity index is 470. The van der Waals surface area contributed by atoms with Gasteiger partial charge in [0, 0.05) is 6.54 Å². The highest BCUT2D eigenvalue weighted by molar-refractivity contribution is 5.80. The molecule has 22 heavy (non-hydrogen) atoms. The molecule has 1 N–H and O–H groups in total. The van der Waals surface area contributed by atoms with E-state index in [2.05, 4.69) is 19.2 Å². The van der Waals surface area contributed by atoms with Crippen LogP contribution in [0, 0.1) is 5.92 Å². The van der Waals surface area contributed by atoms with E-state index in [1.807, 2.05) is 0 Å². The van der Waals surface area contributed by atoms with Crippen LogP contribution in [0.4, 0.5) is 0 Å². The van der Waals surface area contributed by atoms with Gasteiger partial charge in [0.1, 0.15) is 11.5 Å². The molecule has 0 fully saturated rings. The molecule has 1 aromatic rings. The number of hydrogen-bond donors (Lipinski definition) is 1. The van der Waals surface area contributed by atoms with Crippen molar-refractivity contribution < 1.29 is 23.8 Å². The van der Waals surface area contributed by atoms with Crippen LogP contribution < -0.4 is 14.8 Å². The summed E-state index contributed by atoms with van der Waals surface area (Å²) in [7, 11) is 1.57. The molecule has 1 rings (SSSR count). The number of esters is 1. The molecule has 1 amide bonds. The minimum Gasteiger partial charge on any atom is -0.497 e. The first-order valence-electron chi connectivity index (χ1n) is 7.20. The number of ether oxygens (including phenoxy) is 3. The van der Waals surface area contributed by atoms with Gasteiger partial charge in [-0.1, -0.05) is 13.8 Å². The number of methoxy groups -OCH3 is 1. The normalized spacial score (nSPS) is 10.2. The molecule has 0 aliphatic heterocycles. The Morgan fingerprint density at radius 3 is 2.32 bits per heavy atom.